The van der Waals surface area contributed by atoms with E-state index in [0.29, 0.717) is 25.3 Å². The molecule has 0 bridgehead atoms. The number of benzene rings is 1. The van der Waals surface area contributed by atoms with Gasteiger partial charge in [0.25, 0.3) is 5.91 Å². The van der Waals surface area contributed by atoms with E-state index in [1.807, 2.05) is 45.2 Å². The summed E-state index contributed by atoms with van der Waals surface area (Å²) in [6, 6.07) is 8.04. The number of nitrogens with zero attached hydrogens (tertiary/aromatic N) is 2. The van der Waals surface area contributed by atoms with E-state index >= 15 is 0 Å². The molecule has 0 aliphatic heterocycles. The lowest BCUT2D eigenvalue weighted by Gasteiger charge is -2.07. The van der Waals surface area contributed by atoms with E-state index in [9.17, 15) is 4.79 Å². The fourth-order valence-corrected chi connectivity index (χ4v) is 2.05. The molecule has 0 fully saturated rings. The molecule has 0 radical (unpaired) electrons. The van der Waals surface area contributed by atoms with Crippen LogP contribution < -0.4 is 5.32 Å². The fraction of sp³-hybridized carbons (Fsp3) is 0.375. The van der Waals surface area contributed by atoms with Crippen LogP contribution in [0.3, 0.4) is 0 Å². The Kier molecular flexibility index (Phi) is 5.11. The van der Waals surface area contributed by atoms with Crippen molar-refractivity contribution in [2.75, 3.05) is 6.61 Å². The third-order valence-corrected chi connectivity index (χ3v) is 3.40. The van der Waals surface area contributed by atoms with E-state index in [1.165, 1.54) is 0 Å². The summed E-state index contributed by atoms with van der Waals surface area (Å²) in [5.74, 6) is -0.101. The van der Waals surface area contributed by atoms with Gasteiger partial charge in [0.05, 0.1) is 18.4 Å². The van der Waals surface area contributed by atoms with Crippen molar-refractivity contribution in [2.45, 2.75) is 27.0 Å². The van der Waals surface area contributed by atoms with Crippen LogP contribution in [-0.4, -0.2) is 22.3 Å². The summed E-state index contributed by atoms with van der Waals surface area (Å²) in [5.41, 5.74) is 3.64. The van der Waals surface area contributed by atoms with Gasteiger partial charge in [0.1, 0.15) is 0 Å². The van der Waals surface area contributed by atoms with Crippen molar-refractivity contribution in [2.24, 2.45) is 7.05 Å². The molecule has 0 aliphatic rings. The number of aryl methyl sites for hydroxylation is 1. The molecule has 0 aliphatic carbocycles. The molecule has 1 N–H and O–H groups in total. The number of amides is 1. The predicted molar refractivity (Wildman–Crippen MR) is 80.9 cm³/mol. The first kappa shape index (κ1) is 15.3. The van der Waals surface area contributed by atoms with Gasteiger partial charge < -0.3 is 10.1 Å². The van der Waals surface area contributed by atoms with Gasteiger partial charge in [-0.05, 0) is 25.0 Å². The third kappa shape index (κ3) is 3.92. The minimum absolute atomic E-state index is 0.101. The summed E-state index contributed by atoms with van der Waals surface area (Å²) in [4.78, 5) is 12.1. The summed E-state index contributed by atoms with van der Waals surface area (Å²) in [7, 11) is 1.82. The molecule has 0 saturated heterocycles. The Hall–Kier alpha value is -2.14. The van der Waals surface area contributed by atoms with E-state index in [-0.39, 0.29) is 5.91 Å². The highest BCUT2D eigenvalue weighted by Gasteiger charge is 2.12. The summed E-state index contributed by atoms with van der Waals surface area (Å²) < 4.78 is 7.08. The largest absolute Gasteiger partial charge is 0.377 e. The Bertz CT molecular complexity index is 620. The Morgan fingerprint density at radius 2 is 2.14 bits per heavy atom. The number of rotatable bonds is 6. The van der Waals surface area contributed by atoms with Crippen LogP contribution in [0, 0.1) is 6.92 Å². The van der Waals surface area contributed by atoms with Crippen molar-refractivity contribution in [3.05, 3.63) is 52.8 Å². The summed E-state index contributed by atoms with van der Waals surface area (Å²) >= 11 is 0. The predicted octanol–water partition coefficient (Wildman–Crippen LogP) is 2.20. The third-order valence-electron chi connectivity index (χ3n) is 3.40. The van der Waals surface area contributed by atoms with E-state index in [1.54, 1.807) is 10.9 Å². The Balaban J connectivity index is 1.96. The second-order valence-electron chi connectivity index (χ2n) is 4.91. The number of carbonyl (C=O) groups is 1. The lowest BCUT2D eigenvalue weighted by atomic mass is 10.1. The van der Waals surface area contributed by atoms with E-state index < -0.39 is 0 Å². The van der Waals surface area contributed by atoms with Crippen molar-refractivity contribution in [1.29, 1.82) is 0 Å². The molecular formula is C16H21N3O2. The molecule has 0 atom stereocenters. The molecule has 1 amide bonds. The van der Waals surface area contributed by atoms with Crippen LogP contribution in [0.25, 0.3) is 0 Å². The normalized spacial score (nSPS) is 10.6. The molecular weight excluding hydrogens is 266 g/mol. The molecule has 5 nitrogen and oxygen atoms in total. The molecule has 0 unspecified atom stereocenters. The van der Waals surface area contributed by atoms with Gasteiger partial charge >= 0.3 is 0 Å². The van der Waals surface area contributed by atoms with Crippen LogP contribution >= 0.6 is 0 Å². The van der Waals surface area contributed by atoms with Gasteiger partial charge in [-0.2, -0.15) is 5.10 Å². The Labute approximate surface area is 124 Å². The molecule has 2 aromatic rings. The fourth-order valence-electron chi connectivity index (χ4n) is 2.05. The first-order valence-electron chi connectivity index (χ1n) is 7.04. The molecule has 21 heavy (non-hydrogen) atoms. The number of ether oxygens (including phenoxy) is 1. The molecule has 5 heteroatoms. The van der Waals surface area contributed by atoms with Crippen LogP contribution in [0.15, 0.2) is 30.5 Å². The first-order valence-corrected chi connectivity index (χ1v) is 7.04. The van der Waals surface area contributed by atoms with Crippen LogP contribution in [0.5, 0.6) is 0 Å². The average Bonchev–Trinajstić information content (AvgIpc) is 2.83. The second kappa shape index (κ2) is 7.04. The summed E-state index contributed by atoms with van der Waals surface area (Å²) in [5, 5.41) is 7.00. The second-order valence-corrected chi connectivity index (χ2v) is 4.91. The number of hydrogen-bond donors (Lipinski definition) is 1. The van der Waals surface area contributed by atoms with Gasteiger partial charge in [0, 0.05) is 25.9 Å². The standard InChI is InChI=1S/C16H21N3O2/c1-4-21-11-14-7-5-6-13(8-14)9-17-16(20)15-10-18-19(3)12(15)2/h5-8,10H,4,9,11H2,1-3H3,(H,17,20). The first-order chi connectivity index (χ1) is 10.1. The zero-order valence-corrected chi connectivity index (χ0v) is 12.7. The van der Waals surface area contributed by atoms with Crippen LogP contribution in [-0.2, 0) is 24.9 Å². The molecule has 0 saturated carbocycles. The number of aromatic nitrogens is 2. The SMILES string of the molecule is CCOCc1cccc(CNC(=O)c2cnn(C)c2C)c1. The zero-order valence-electron chi connectivity index (χ0n) is 12.7. The van der Waals surface area contributed by atoms with Crippen LogP contribution in [0.1, 0.15) is 34.1 Å². The van der Waals surface area contributed by atoms with Crippen molar-refractivity contribution in [1.82, 2.24) is 15.1 Å². The summed E-state index contributed by atoms with van der Waals surface area (Å²) in [6.45, 7) is 5.64. The van der Waals surface area contributed by atoms with Crippen LogP contribution in [0.2, 0.25) is 0 Å². The zero-order chi connectivity index (χ0) is 15.2. The number of carbonyl (C=O) groups excluding carboxylic acids is 1. The number of hydrogen-bond acceptors (Lipinski definition) is 3. The highest BCUT2D eigenvalue weighted by atomic mass is 16.5. The molecule has 112 valence electrons. The summed E-state index contributed by atoms with van der Waals surface area (Å²) in [6.07, 6.45) is 1.59. The maximum atomic E-state index is 12.1. The van der Waals surface area contributed by atoms with Gasteiger partial charge in [-0.25, -0.2) is 0 Å². The minimum Gasteiger partial charge on any atom is -0.377 e. The van der Waals surface area contributed by atoms with Crippen molar-refractivity contribution in [3.63, 3.8) is 0 Å². The maximum absolute atomic E-state index is 12.1. The monoisotopic (exact) mass is 287 g/mol. The molecule has 2 rings (SSSR count). The molecule has 1 aromatic heterocycles. The smallest absolute Gasteiger partial charge is 0.255 e. The lowest BCUT2D eigenvalue weighted by molar-refractivity contribution is 0.0950. The Morgan fingerprint density at radius 3 is 2.81 bits per heavy atom. The quantitative estimate of drug-likeness (QED) is 0.886. The van der Waals surface area contributed by atoms with Gasteiger partial charge in [-0.1, -0.05) is 24.3 Å². The molecule has 1 aromatic carbocycles. The maximum Gasteiger partial charge on any atom is 0.255 e. The average molecular weight is 287 g/mol. The highest BCUT2D eigenvalue weighted by molar-refractivity contribution is 5.94. The van der Waals surface area contributed by atoms with Gasteiger partial charge in [0.2, 0.25) is 0 Å². The highest BCUT2D eigenvalue weighted by Crippen LogP contribution is 2.08. The lowest BCUT2D eigenvalue weighted by Crippen LogP contribution is -2.23. The van der Waals surface area contributed by atoms with Gasteiger partial charge in [0.15, 0.2) is 0 Å². The molecule has 0 spiro atoms. The molecule has 1 heterocycles. The topological polar surface area (TPSA) is 56.1 Å². The number of nitrogens with one attached hydrogen (secondary N) is 1. The minimum atomic E-state index is -0.101. The van der Waals surface area contributed by atoms with Crippen molar-refractivity contribution in [3.8, 4) is 0 Å². The van der Waals surface area contributed by atoms with Crippen LogP contribution in [0.4, 0.5) is 0 Å². The van der Waals surface area contributed by atoms with E-state index in [4.69, 9.17) is 4.74 Å². The van der Waals surface area contributed by atoms with E-state index in [0.717, 1.165) is 16.8 Å². The van der Waals surface area contributed by atoms with Gasteiger partial charge in [-0.15, -0.1) is 0 Å². The van der Waals surface area contributed by atoms with Crippen molar-refractivity contribution < 1.29 is 9.53 Å². The van der Waals surface area contributed by atoms with Crippen molar-refractivity contribution >= 4 is 5.91 Å². The van der Waals surface area contributed by atoms with Gasteiger partial charge in [-0.3, -0.25) is 9.48 Å². The van der Waals surface area contributed by atoms with E-state index in [2.05, 4.69) is 10.4 Å². The Morgan fingerprint density at radius 1 is 1.38 bits per heavy atom.